The van der Waals surface area contributed by atoms with Gasteiger partial charge in [0.2, 0.25) is 5.91 Å². The number of hydrogen-bond donors (Lipinski definition) is 1. The summed E-state index contributed by atoms with van der Waals surface area (Å²) in [6.45, 7) is -0.378. The molecule has 4 rings (SSSR count). The first kappa shape index (κ1) is 29.7. The topological polar surface area (TPSA) is 84.9 Å². The third-order valence-corrected chi connectivity index (χ3v) is 7.52. The number of anilines is 1. The number of amides is 3. The summed E-state index contributed by atoms with van der Waals surface area (Å²) in [6, 6.07) is 15.0. The average Bonchev–Trinajstić information content (AvgIpc) is 3.15. The molecule has 1 N–H and O–H groups in total. The first-order chi connectivity index (χ1) is 18.9. The molecule has 7 nitrogen and oxygen atoms in total. The van der Waals surface area contributed by atoms with Gasteiger partial charge in [-0.25, -0.2) is 0 Å². The van der Waals surface area contributed by atoms with E-state index in [1.807, 2.05) is 24.3 Å². The maximum Gasteiger partial charge on any atom is 0.416 e. The molecule has 13 heteroatoms. The monoisotopic (exact) mass is 698 g/mol. The highest BCUT2D eigenvalue weighted by molar-refractivity contribution is 9.10. The third kappa shape index (κ3) is 7.26. The molecule has 1 saturated heterocycles. The molecule has 0 aliphatic carbocycles. The van der Waals surface area contributed by atoms with Gasteiger partial charge in [0.05, 0.1) is 22.1 Å². The lowest BCUT2D eigenvalue weighted by Gasteiger charge is -2.14. The Morgan fingerprint density at radius 3 is 2.48 bits per heavy atom. The maximum atomic E-state index is 12.9. The number of halogens is 5. The Bertz CT molecular complexity index is 1500. The van der Waals surface area contributed by atoms with Gasteiger partial charge in [0.1, 0.15) is 13.2 Å². The molecule has 1 heterocycles. The van der Waals surface area contributed by atoms with Gasteiger partial charge in [-0.2, -0.15) is 13.2 Å². The lowest BCUT2D eigenvalue weighted by Crippen LogP contribution is -2.36. The number of alkyl halides is 3. The van der Waals surface area contributed by atoms with Gasteiger partial charge in [-0.15, -0.1) is 0 Å². The quantitative estimate of drug-likeness (QED) is 0.245. The van der Waals surface area contributed by atoms with E-state index in [1.165, 1.54) is 19.3 Å². The Balaban J connectivity index is 1.45. The normalized spacial score (nSPS) is 14.6. The van der Waals surface area contributed by atoms with E-state index in [2.05, 4.69) is 37.2 Å². The van der Waals surface area contributed by atoms with E-state index in [0.717, 1.165) is 33.1 Å². The number of nitrogens with one attached hydrogen (secondary N) is 1. The van der Waals surface area contributed by atoms with E-state index in [0.29, 0.717) is 33.3 Å². The summed E-state index contributed by atoms with van der Waals surface area (Å²) in [5.74, 6) is -0.696. The van der Waals surface area contributed by atoms with Crippen LogP contribution < -0.4 is 14.8 Å². The number of hydrogen-bond acceptors (Lipinski definition) is 6. The second kappa shape index (κ2) is 12.5. The minimum atomic E-state index is -4.58. The number of carbonyl (C=O) groups excluding carboxylic acids is 3. The van der Waals surface area contributed by atoms with Gasteiger partial charge in [-0.1, -0.05) is 34.1 Å². The van der Waals surface area contributed by atoms with Crippen LogP contribution in [-0.4, -0.2) is 35.6 Å². The molecular formula is C27H19Br2F3N2O5S. The van der Waals surface area contributed by atoms with Crippen LogP contribution in [0.4, 0.5) is 23.7 Å². The van der Waals surface area contributed by atoms with Crippen LogP contribution in [0.3, 0.4) is 0 Å². The standard InChI is InChI=1S/C27H19Br2F3N2O5S/c1-38-21-10-16(9-20(29)24(21)39-14-15-5-7-18(28)8-6-15)11-22-25(36)34(26(37)40-22)13-23(35)33-19-4-2-3-17(12-19)27(30,31)32/h2-12H,13-14H2,1H3,(H,33,35)/b22-11-. The van der Waals surface area contributed by atoms with Crippen LogP contribution in [0, 0.1) is 0 Å². The highest BCUT2D eigenvalue weighted by Gasteiger charge is 2.36. The summed E-state index contributed by atoms with van der Waals surface area (Å²) in [6.07, 6.45) is -3.11. The van der Waals surface area contributed by atoms with Crippen LogP contribution in [-0.2, 0) is 22.4 Å². The highest BCUT2D eigenvalue weighted by atomic mass is 79.9. The average molecular weight is 700 g/mol. The minimum Gasteiger partial charge on any atom is -0.493 e. The van der Waals surface area contributed by atoms with Gasteiger partial charge in [0, 0.05) is 10.2 Å². The third-order valence-electron chi connectivity index (χ3n) is 5.49. The van der Waals surface area contributed by atoms with Crippen molar-refractivity contribution in [1.29, 1.82) is 0 Å². The predicted molar refractivity (Wildman–Crippen MR) is 152 cm³/mol. The molecule has 0 aromatic heterocycles. The van der Waals surface area contributed by atoms with E-state index >= 15 is 0 Å². The zero-order chi connectivity index (χ0) is 29.0. The molecule has 208 valence electrons. The van der Waals surface area contributed by atoms with Crippen molar-refractivity contribution >= 4 is 72.4 Å². The van der Waals surface area contributed by atoms with Crippen molar-refractivity contribution in [3.63, 3.8) is 0 Å². The number of rotatable bonds is 8. The number of benzene rings is 3. The fraction of sp³-hybridized carbons (Fsp3) is 0.148. The molecule has 3 amide bonds. The number of methoxy groups -OCH3 is 1. The van der Waals surface area contributed by atoms with Gasteiger partial charge in [0.25, 0.3) is 11.1 Å². The van der Waals surface area contributed by atoms with Crippen molar-refractivity contribution < 1.29 is 37.0 Å². The zero-order valence-electron chi connectivity index (χ0n) is 20.6. The van der Waals surface area contributed by atoms with E-state index < -0.39 is 35.3 Å². The van der Waals surface area contributed by atoms with Gasteiger partial charge in [0.15, 0.2) is 11.5 Å². The van der Waals surface area contributed by atoms with Crippen molar-refractivity contribution in [2.75, 3.05) is 19.0 Å². The maximum absolute atomic E-state index is 12.9. The van der Waals surface area contributed by atoms with Crippen LogP contribution in [0.25, 0.3) is 6.08 Å². The fourth-order valence-corrected chi connectivity index (χ4v) is 5.28. The van der Waals surface area contributed by atoms with Crippen LogP contribution in [0.1, 0.15) is 16.7 Å². The second-order valence-corrected chi connectivity index (χ2v) is 11.1. The fourth-order valence-electron chi connectivity index (χ4n) is 3.60. The van der Waals surface area contributed by atoms with Gasteiger partial charge < -0.3 is 14.8 Å². The largest absolute Gasteiger partial charge is 0.493 e. The molecule has 0 radical (unpaired) electrons. The summed E-state index contributed by atoms with van der Waals surface area (Å²) in [5.41, 5.74) is 0.415. The molecule has 3 aromatic carbocycles. The molecular weight excluding hydrogens is 681 g/mol. The molecule has 1 fully saturated rings. The molecule has 1 aliphatic heterocycles. The minimum absolute atomic E-state index is 0.0642. The molecule has 0 atom stereocenters. The van der Waals surface area contributed by atoms with Crippen molar-refractivity contribution in [3.05, 3.63) is 91.2 Å². The van der Waals surface area contributed by atoms with E-state index in [4.69, 9.17) is 9.47 Å². The van der Waals surface area contributed by atoms with Crippen LogP contribution >= 0.6 is 43.6 Å². The Hall–Kier alpha value is -3.29. The number of carbonyl (C=O) groups is 3. The van der Waals surface area contributed by atoms with E-state index in [1.54, 1.807) is 12.1 Å². The highest BCUT2D eigenvalue weighted by Crippen LogP contribution is 2.39. The van der Waals surface area contributed by atoms with Crippen molar-refractivity contribution in [2.45, 2.75) is 12.8 Å². The van der Waals surface area contributed by atoms with Gasteiger partial charge in [-0.3, -0.25) is 19.3 Å². The Kier molecular flexibility index (Phi) is 9.26. The lowest BCUT2D eigenvalue weighted by molar-refractivity contribution is -0.137. The SMILES string of the molecule is COc1cc(/C=C2\SC(=O)N(CC(=O)Nc3cccc(C(F)(F)F)c3)C2=O)cc(Br)c1OCc1ccc(Br)cc1. The summed E-state index contributed by atoms with van der Waals surface area (Å²) in [4.78, 5) is 38.6. The molecule has 0 spiro atoms. The molecule has 1 aliphatic rings. The van der Waals surface area contributed by atoms with Crippen molar-refractivity contribution in [1.82, 2.24) is 4.90 Å². The molecule has 0 saturated carbocycles. The summed E-state index contributed by atoms with van der Waals surface area (Å²) < 4.78 is 51.7. The molecule has 40 heavy (non-hydrogen) atoms. The summed E-state index contributed by atoms with van der Waals surface area (Å²) in [7, 11) is 1.47. The van der Waals surface area contributed by atoms with Gasteiger partial charge >= 0.3 is 6.18 Å². The Morgan fingerprint density at radius 2 is 1.80 bits per heavy atom. The summed E-state index contributed by atoms with van der Waals surface area (Å²) in [5, 5.41) is 1.61. The molecule has 0 unspecified atom stereocenters. The van der Waals surface area contributed by atoms with Crippen molar-refractivity contribution in [3.8, 4) is 11.5 Å². The van der Waals surface area contributed by atoms with Gasteiger partial charge in [-0.05, 0) is 87.4 Å². The first-order valence-electron chi connectivity index (χ1n) is 11.4. The first-order valence-corrected chi connectivity index (χ1v) is 13.8. The number of ether oxygens (including phenoxy) is 2. The number of nitrogens with zero attached hydrogens (tertiary/aromatic N) is 1. The Morgan fingerprint density at radius 1 is 1.07 bits per heavy atom. The van der Waals surface area contributed by atoms with Crippen molar-refractivity contribution in [2.24, 2.45) is 0 Å². The lowest BCUT2D eigenvalue weighted by atomic mass is 10.1. The van der Waals surface area contributed by atoms with E-state index in [-0.39, 0.29) is 17.2 Å². The number of thioether (sulfide) groups is 1. The smallest absolute Gasteiger partial charge is 0.416 e. The van der Waals surface area contributed by atoms with Crippen LogP contribution in [0.5, 0.6) is 11.5 Å². The van der Waals surface area contributed by atoms with Crippen LogP contribution in [0.15, 0.2) is 74.5 Å². The Labute approximate surface area is 248 Å². The zero-order valence-corrected chi connectivity index (χ0v) is 24.5. The second-order valence-electron chi connectivity index (χ2n) is 8.34. The predicted octanol–water partition coefficient (Wildman–Crippen LogP) is 7.49. The molecule has 0 bridgehead atoms. The van der Waals surface area contributed by atoms with E-state index in [9.17, 15) is 27.6 Å². The number of imide groups is 1. The molecule has 3 aromatic rings. The van der Waals surface area contributed by atoms with Crippen LogP contribution in [0.2, 0.25) is 0 Å². The summed E-state index contributed by atoms with van der Waals surface area (Å²) >= 11 is 7.49.